The van der Waals surface area contributed by atoms with Crippen molar-refractivity contribution in [3.63, 3.8) is 0 Å². The third kappa shape index (κ3) is 2.36. The number of benzene rings is 1. The summed E-state index contributed by atoms with van der Waals surface area (Å²) in [5.74, 6) is 1.96. The number of anilines is 1. The highest BCUT2D eigenvalue weighted by atomic mass is 16.7. The number of carbonyl (C=O) groups is 1. The monoisotopic (exact) mass is 297 g/mol. The van der Waals surface area contributed by atoms with E-state index in [4.69, 9.17) is 9.47 Å². The largest absolute Gasteiger partial charge is 0.454 e. The number of carbonyl (C=O) groups excluding carboxylic acids is 1. The van der Waals surface area contributed by atoms with Gasteiger partial charge in [-0.05, 0) is 37.0 Å². The average Bonchev–Trinajstić information content (AvgIpc) is 3.15. The van der Waals surface area contributed by atoms with Gasteiger partial charge in [0.15, 0.2) is 11.5 Å². The Morgan fingerprint density at radius 2 is 2.09 bits per heavy atom. The standard InChI is InChI=1S/C16H15N3O3/c20-15(7-10-4-5-13-14(6-10)22-9-21-13)19-16-11-2-1-3-12(11)17-8-18-16/h4-6,8H,1-3,7,9H2,(H,17,18,19,20). The summed E-state index contributed by atoms with van der Waals surface area (Å²) < 4.78 is 10.6. The number of hydrogen-bond donors (Lipinski definition) is 1. The molecule has 2 aliphatic rings. The molecule has 6 nitrogen and oxygen atoms in total. The van der Waals surface area contributed by atoms with E-state index >= 15 is 0 Å². The molecular formula is C16H15N3O3. The highest BCUT2D eigenvalue weighted by Gasteiger charge is 2.19. The van der Waals surface area contributed by atoms with E-state index in [1.165, 1.54) is 6.33 Å². The first kappa shape index (κ1) is 13.1. The van der Waals surface area contributed by atoms with E-state index < -0.39 is 0 Å². The van der Waals surface area contributed by atoms with E-state index in [0.717, 1.165) is 41.8 Å². The smallest absolute Gasteiger partial charge is 0.231 e. The molecule has 0 bridgehead atoms. The predicted octanol–water partition coefficient (Wildman–Crippen LogP) is 1.88. The molecule has 0 radical (unpaired) electrons. The molecule has 1 aromatic carbocycles. The molecule has 1 N–H and O–H groups in total. The van der Waals surface area contributed by atoms with Crippen LogP contribution in [0.5, 0.6) is 11.5 Å². The third-order valence-electron chi connectivity index (χ3n) is 3.93. The van der Waals surface area contributed by atoms with Crippen LogP contribution >= 0.6 is 0 Å². The van der Waals surface area contributed by atoms with Crippen molar-refractivity contribution in [3.05, 3.63) is 41.3 Å². The Hall–Kier alpha value is -2.63. The zero-order chi connectivity index (χ0) is 14.9. The van der Waals surface area contributed by atoms with E-state index in [1.54, 1.807) is 0 Å². The fourth-order valence-electron chi connectivity index (χ4n) is 2.88. The highest BCUT2D eigenvalue weighted by Crippen LogP contribution is 2.32. The summed E-state index contributed by atoms with van der Waals surface area (Å²) in [4.78, 5) is 20.7. The Balaban J connectivity index is 1.48. The Morgan fingerprint density at radius 1 is 1.18 bits per heavy atom. The lowest BCUT2D eigenvalue weighted by Crippen LogP contribution is -2.17. The van der Waals surface area contributed by atoms with Crippen LogP contribution in [0.1, 0.15) is 23.2 Å². The summed E-state index contributed by atoms with van der Waals surface area (Å²) >= 11 is 0. The zero-order valence-corrected chi connectivity index (χ0v) is 12.0. The van der Waals surface area contributed by atoms with Crippen molar-refractivity contribution in [3.8, 4) is 11.5 Å². The van der Waals surface area contributed by atoms with E-state index in [0.29, 0.717) is 11.6 Å². The van der Waals surface area contributed by atoms with E-state index in [2.05, 4.69) is 15.3 Å². The normalized spacial score (nSPS) is 14.7. The molecule has 112 valence electrons. The number of nitrogens with one attached hydrogen (secondary N) is 1. The number of rotatable bonds is 3. The van der Waals surface area contributed by atoms with Crippen LogP contribution in [0.15, 0.2) is 24.5 Å². The molecular weight excluding hydrogens is 282 g/mol. The van der Waals surface area contributed by atoms with Crippen LogP contribution in [0.2, 0.25) is 0 Å². The fourth-order valence-corrected chi connectivity index (χ4v) is 2.88. The molecule has 1 amide bonds. The Bertz CT molecular complexity index is 745. The molecule has 0 unspecified atom stereocenters. The number of amides is 1. The van der Waals surface area contributed by atoms with Crippen molar-refractivity contribution in [2.24, 2.45) is 0 Å². The number of ether oxygens (including phenoxy) is 2. The Labute approximate surface area is 127 Å². The van der Waals surface area contributed by atoms with Gasteiger partial charge < -0.3 is 14.8 Å². The lowest BCUT2D eigenvalue weighted by atomic mass is 10.1. The molecule has 0 spiro atoms. The fraction of sp³-hybridized carbons (Fsp3) is 0.312. The van der Waals surface area contributed by atoms with Crippen LogP contribution in [-0.2, 0) is 24.1 Å². The predicted molar refractivity (Wildman–Crippen MR) is 79.0 cm³/mol. The van der Waals surface area contributed by atoms with Gasteiger partial charge in [-0.25, -0.2) is 9.97 Å². The molecule has 1 aromatic heterocycles. The van der Waals surface area contributed by atoms with Gasteiger partial charge in [-0.2, -0.15) is 0 Å². The molecule has 0 fully saturated rings. The first-order valence-corrected chi connectivity index (χ1v) is 7.31. The first-order valence-electron chi connectivity index (χ1n) is 7.31. The molecule has 0 saturated carbocycles. The lowest BCUT2D eigenvalue weighted by Gasteiger charge is -2.08. The Morgan fingerprint density at radius 3 is 3.05 bits per heavy atom. The van der Waals surface area contributed by atoms with Crippen molar-refractivity contribution in [1.82, 2.24) is 9.97 Å². The molecule has 6 heteroatoms. The number of fused-ring (bicyclic) bond motifs is 2. The minimum Gasteiger partial charge on any atom is -0.454 e. The molecule has 0 saturated heterocycles. The summed E-state index contributed by atoms with van der Waals surface area (Å²) in [5.41, 5.74) is 3.00. The van der Waals surface area contributed by atoms with Gasteiger partial charge >= 0.3 is 0 Å². The summed E-state index contributed by atoms with van der Waals surface area (Å²) in [6.45, 7) is 0.234. The van der Waals surface area contributed by atoms with Crippen molar-refractivity contribution in [2.45, 2.75) is 25.7 Å². The van der Waals surface area contributed by atoms with Crippen molar-refractivity contribution >= 4 is 11.7 Å². The maximum Gasteiger partial charge on any atom is 0.231 e. The minimum absolute atomic E-state index is 0.0911. The van der Waals surface area contributed by atoms with Crippen molar-refractivity contribution in [1.29, 1.82) is 0 Å². The third-order valence-corrected chi connectivity index (χ3v) is 3.93. The number of aryl methyl sites for hydroxylation is 1. The van der Waals surface area contributed by atoms with Gasteiger partial charge in [0, 0.05) is 11.3 Å². The van der Waals surface area contributed by atoms with Gasteiger partial charge in [0.25, 0.3) is 0 Å². The average molecular weight is 297 g/mol. The Kier molecular flexibility index (Phi) is 3.14. The van der Waals surface area contributed by atoms with Crippen molar-refractivity contribution in [2.75, 3.05) is 12.1 Å². The molecule has 1 aliphatic heterocycles. The quantitative estimate of drug-likeness (QED) is 0.936. The topological polar surface area (TPSA) is 73.3 Å². The van der Waals surface area contributed by atoms with Crippen molar-refractivity contribution < 1.29 is 14.3 Å². The van der Waals surface area contributed by atoms with Crippen LogP contribution in [0, 0.1) is 0 Å². The SMILES string of the molecule is O=C(Cc1ccc2c(c1)OCO2)Nc1ncnc2c1CCC2. The van der Waals surface area contributed by atoms with Gasteiger partial charge in [0.05, 0.1) is 6.42 Å². The highest BCUT2D eigenvalue weighted by molar-refractivity contribution is 5.92. The van der Waals surface area contributed by atoms with Crippen LogP contribution in [0.4, 0.5) is 5.82 Å². The first-order chi connectivity index (χ1) is 10.8. The van der Waals surface area contributed by atoms with Crippen LogP contribution in [-0.4, -0.2) is 22.7 Å². The molecule has 0 atom stereocenters. The van der Waals surface area contributed by atoms with Gasteiger partial charge in [0.1, 0.15) is 12.1 Å². The summed E-state index contributed by atoms with van der Waals surface area (Å²) in [6, 6.07) is 5.54. The maximum atomic E-state index is 12.2. The summed E-state index contributed by atoms with van der Waals surface area (Å²) in [6.07, 6.45) is 4.74. The minimum atomic E-state index is -0.0911. The van der Waals surface area contributed by atoms with E-state index in [9.17, 15) is 4.79 Å². The van der Waals surface area contributed by atoms with E-state index in [-0.39, 0.29) is 19.1 Å². The zero-order valence-electron chi connectivity index (χ0n) is 12.0. The van der Waals surface area contributed by atoms with Crippen LogP contribution in [0.25, 0.3) is 0 Å². The van der Waals surface area contributed by atoms with Gasteiger partial charge in [0.2, 0.25) is 12.7 Å². The maximum absolute atomic E-state index is 12.2. The van der Waals surface area contributed by atoms with Crippen LogP contribution in [0.3, 0.4) is 0 Å². The molecule has 2 heterocycles. The molecule has 1 aliphatic carbocycles. The number of nitrogens with zero attached hydrogens (tertiary/aromatic N) is 2. The van der Waals surface area contributed by atoms with Gasteiger partial charge in [-0.1, -0.05) is 6.07 Å². The lowest BCUT2D eigenvalue weighted by molar-refractivity contribution is -0.115. The second-order valence-electron chi connectivity index (χ2n) is 5.41. The second-order valence-corrected chi connectivity index (χ2v) is 5.41. The molecule has 4 rings (SSSR count). The van der Waals surface area contributed by atoms with Gasteiger partial charge in [-0.3, -0.25) is 4.79 Å². The number of hydrogen-bond acceptors (Lipinski definition) is 5. The number of aromatic nitrogens is 2. The summed E-state index contributed by atoms with van der Waals surface area (Å²) in [5, 5.41) is 2.90. The van der Waals surface area contributed by atoms with E-state index in [1.807, 2.05) is 18.2 Å². The summed E-state index contributed by atoms with van der Waals surface area (Å²) in [7, 11) is 0. The van der Waals surface area contributed by atoms with Gasteiger partial charge in [-0.15, -0.1) is 0 Å². The molecule has 22 heavy (non-hydrogen) atoms. The molecule has 2 aromatic rings. The van der Waals surface area contributed by atoms with Crippen LogP contribution < -0.4 is 14.8 Å². The second kappa shape index (κ2) is 5.29.